The number of rotatable bonds is 4. The third kappa shape index (κ3) is 2.62. The van der Waals surface area contributed by atoms with Crippen molar-refractivity contribution in [3.8, 4) is 5.75 Å². The summed E-state index contributed by atoms with van der Waals surface area (Å²) >= 11 is 3.49. The van der Waals surface area contributed by atoms with Gasteiger partial charge in [0.25, 0.3) is 0 Å². The van der Waals surface area contributed by atoms with Crippen LogP contribution in [0.4, 0.5) is 0 Å². The fraction of sp³-hybridized carbons (Fsp3) is 0.158. The normalized spacial score (nSPS) is 11.4. The van der Waals surface area contributed by atoms with Crippen LogP contribution in [-0.2, 0) is 9.53 Å². The second-order valence-electron chi connectivity index (χ2n) is 5.67. The second-order valence-corrected chi connectivity index (χ2v) is 6.59. The predicted octanol–water partition coefficient (Wildman–Crippen LogP) is 3.75. The summed E-state index contributed by atoms with van der Waals surface area (Å²) in [7, 11) is 0. The molecule has 0 aliphatic rings. The Morgan fingerprint density at radius 2 is 1.92 bits per heavy atom. The lowest BCUT2D eigenvalue weighted by Gasteiger charge is -2.07. The summed E-state index contributed by atoms with van der Waals surface area (Å²) in [6.45, 7) is 1.86. The summed E-state index contributed by atoms with van der Waals surface area (Å²) in [5.74, 6) is 0.0332. The average Bonchev–Trinajstić information content (AvgIpc) is 2.90. The quantitative estimate of drug-likeness (QED) is 0.490. The van der Waals surface area contributed by atoms with Gasteiger partial charge in [-0.2, -0.15) is 0 Å². The molecular formula is C19H14BrNO4. The minimum Gasteiger partial charge on any atom is -0.482 e. The van der Waals surface area contributed by atoms with Gasteiger partial charge in [0.05, 0.1) is 23.0 Å². The highest BCUT2D eigenvalue weighted by Crippen LogP contribution is 2.35. The van der Waals surface area contributed by atoms with Crippen LogP contribution in [-0.4, -0.2) is 23.6 Å². The number of halogens is 1. The summed E-state index contributed by atoms with van der Waals surface area (Å²) < 4.78 is 13.4. The van der Waals surface area contributed by atoms with Gasteiger partial charge in [0.15, 0.2) is 12.0 Å². The predicted molar refractivity (Wildman–Crippen MR) is 99.7 cm³/mol. The van der Waals surface area contributed by atoms with Crippen LogP contribution in [0, 0.1) is 0 Å². The largest absolute Gasteiger partial charge is 0.482 e. The molecule has 5 nitrogen and oxygen atoms in total. The van der Waals surface area contributed by atoms with Gasteiger partial charge in [0, 0.05) is 27.5 Å². The van der Waals surface area contributed by atoms with Crippen molar-refractivity contribution in [2.75, 3.05) is 13.2 Å². The summed E-state index contributed by atoms with van der Waals surface area (Å²) in [5.41, 5.74) is 1.77. The first-order valence-electron chi connectivity index (χ1n) is 7.86. The number of carbonyl (C=O) groups excluding carboxylic acids is 1. The van der Waals surface area contributed by atoms with Crippen LogP contribution >= 0.6 is 15.9 Å². The summed E-state index contributed by atoms with van der Waals surface area (Å²) in [6, 6.07) is 11.1. The van der Waals surface area contributed by atoms with Crippen molar-refractivity contribution in [2.24, 2.45) is 0 Å². The van der Waals surface area contributed by atoms with E-state index in [0.29, 0.717) is 17.7 Å². The second kappa shape index (κ2) is 6.04. The molecule has 25 heavy (non-hydrogen) atoms. The Labute approximate surface area is 151 Å². The summed E-state index contributed by atoms with van der Waals surface area (Å²) in [5, 5.41) is 2.48. The Balaban J connectivity index is 1.94. The zero-order chi connectivity index (χ0) is 17.6. The van der Waals surface area contributed by atoms with Crippen LogP contribution in [0.3, 0.4) is 0 Å². The maximum Gasteiger partial charge on any atom is 0.344 e. The van der Waals surface area contributed by atoms with Gasteiger partial charge in [-0.15, -0.1) is 0 Å². The number of nitrogens with zero attached hydrogens (tertiary/aromatic N) is 1. The molecule has 0 aliphatic heterocycles. The Bertz CT molecular complexity index is 1170. The van der Waals surface area contributed by atoms with Crippen molar-refractivity contribution in [1.29, 1.82) is 0 Å². The zero-order valence-corrected chi connectivity index (χ0v) is 15.0. The van der Waals surface area contributed by atoms with Crippen LogP contribution in [0.1, 0.15) is 6.92 Å². The lowest BCUT2D eigenvalue weighted by Crippen LogP contribution is -2.14. The molecule has 0 saturated heterocycles. The summed E-state index contributed by atoms with van der Waals surface area (Å²) in [4.78, 5) is 23.9. The molecule has 0 amide bonds. The molecule has 0 saturated carbocycles. The monoisotopic (exact) mass is 399 g/mol. The molecule has 0 atom stereocenters. The number of aromatic nitrogens is 1. The Hall–Kier alpha value is -2.60. The van der Waals surface area contributed by atoms with Crippen molar-refractivity contribution in [3.63, 3.8) is 0 Å². The number of carbonyl (C=O) groups is 1. The number of hydrogen-bond acceptors (Lipinski definition) is 4. The number of hydrogen-bond donors (Lipinski definition) is 0. The molecule has 126 valence electrons. The van der Waals surface area contributed by atoms with E-state index in [1.54, 1.807) is 25.3 Å². The van der Waals surface area contributed by atoms with E-state index in [4.69, 9.17) is 9.47 Å². The number of ether oxygens (including phenoxy) is 2. The molecule has 0 radical (unpaired) electrons. The molecule has 2 heterocycles. The Morgan fingerprint density at radius 3 is 2.72 bits per heavy atom. The van der Waals surface area contributed by atoms with Crippen LogP contribution in [0.2, 0.25) is 0 Å². The van der Waals surface area contributed by atoms with Gasteiger partial charge >= 0.3 is 5.97 Å². The van der Waals surface area contributed by atoms with E-state index in [1.807, 2.05) is 28.7 Å². The molecule has 0 unspecified atom stereocenters. The number of fused-ring (bicyclic) bond motifs is 3. The summed E-state index contributed by atoms with van der Waals surface area (Å²) in [6.07, 6.45) is 1.78. The van der Waals surface area contributed by atoms with Crippen molar-refractivity contribution in [2.45, 2.75) is 6.92 Å². The van der Waals surface area contributed by atoms with Crippen LogP contribution in [0.25, 0.3) is 27.2 Å². The minimum atomic E-state index is -0.437. The topological polar surface area (TPSA) is 57.0 Å². The molecular weight excluding hydrogens is 386 g/mol. The first kappa shape index (κ1) is 15.9. The van der Waals surface area contributed by atoms with Crippen LogP contribution in [0.5, 0.6) is 5.75 Å². The highest BCUT2D eigenvalue weighted by molar-refractivity contribution is 9.10. The molecule has 2 aromatic carbocycles. The van der Waals surface area contributed by atoms with E-state index < -0.39 is 5.97 Å². The third-order valence-corrected chi connectivity index (χ3v) is 4.63. The average molecular weight is 400 g/mol. The van der Waals surface area contributed by atoms with Crippen LogP contribution in [0.15, 0.2) is 51.9 Å². The van der Waals surface area contributed by atoms with Gasteiger partial charge in [-0.3, -0.25) is 4.79 Å². The standard InChI is InChI=1S/C19H14BrNO4/c1-2-24-18(23)10-25-12-8-14-13-7-11(20)3-4-16(13)21-6-5-17(22)15(9-12)19(14)21/h3-9H,2,10H2,1H3. The lowest BCUT2D eigenvalue weighted by atomic mass is 10.1. The smallest absolute Gasteiger partial charge is 0.344 e. The third-order valence-electron chi connectivity index (χ3n) is 4.14. The van der Waals surface area contributed by atoms with Gasteiger partial charge < -0.3 is 13.9 Å². The van der Waals surface area contributed by atoms with E-state index >= 15 is 0 Å². The molecule has 0 bridgehead atoms. The van der Waals surface area contributed by atoms with E-state index in [-0.39, 0.29) is 12.0 Å². The molecule has 0 spiro atoms. The maximum absolute atomic E-state index is 12.4. The highest BCUT2D eigenvalue weighted by atomic mass is 79.9. The van der Waals surface area contributed by atoms with E-state index in [1.165, 1.54) is 0 Å². The van der Waals surface area contributed by atoms with Crippen molar-refractivity contribution in [1.82, 2.24) is 4.40 Å². The fourth-order valence-corrected chi connectivity index (χ4v) is 3.49. The Morgan fingerprint density at radius 1 is 1.12 bits per heavy atom. The fourth-order valence-electron chi connectivity index (χ4n) is 3.13. The number of pyridine rings is 1. The van der Waals surface area contributed by atoms with E-state index in [0.717, 1.165) is 26.3 Å². The van der Waals surface area contributed by atoms with Gasteiger partial charge in [-0.1, -0.05) is 15.9 Å². The first-order valence-corrected chi connectivity index (χ1v) is 8.66. The van der Waals surface area contributed by atoms with Gasteiger partial charge in [-0.25, -0.2) is 4.79 Å². The first-order chi connectivity index (χ1) is 12.1. The molecule has 4 aromatic rings. The molecule has 2 aromatic heterocycles. The number of esters is 1. The van der Waals surface area contributed by atoms with E-state index in [2.05, 4.69) is 15.9 Å². The highest BCUT2D eigenvalue weighted by Gasteiger charge is 2.15. The van der Waals surface area contributed by atoms with Crippen molar-refractivity contribution < 1.29 is 14.3 Å². The molecule has 6 heteroatoms. The maximum atomic E-state index is 12.4. The lowest BCUT2D eigenvalue weighted by molar-refractivity contribution is -0.145. The minimum absolute atomic E-state index is 0.0824. The van der Waals surface area contributed by atoms with Crippen LogP contribution < -0.4 is 10.2 Å². The number of benzene rings is 2. The van der Waals surface area contributed by atoms with Crippen molar-refractivity contribution >= 4 is 49.1 Å². The zero-order valence-electron chi connectivity index (χ0n) is 13.4. The Kier molecular flexibility index (Phi) is 3.84. The SMILES string of the molecule is CCOC(=O)COc1cc2c(=O)ccn3c4ccc(Br)cc4c(c1)c23. The molecule has 0 aliphatic carbocycles. The van der Waals surface area contributed by atoms with Gasteiger partial charge in [-0.05, 0) is 37.3 Å². The van der Waals surface area contributed by atoms with E-state index in [9.17, 15) is 9.59 Å². The van der Waals surface area contributed by atoms with Gasteiger partial charge in [0.1, 0.15) is 5.75 Å². The molecule has 0 N–H and O–H groups in total. The molecule has 0 fully saturated rings. The van der Waals surface area contributed by atoms with Crippen molar-refractivity contribution in [3.05, 3.63) is 57.3 Å². The van der Waals surface area contributed by atoms with Gasteiger partial charge in [0.2, 0.25) is 0 Å². The molecule has 4 rings (SSSR count).